The molecule has 3 N–H and O–H groups in total. The van der Waals surface area contributed by atoms with E-state index in [-0.39, 0.29) is 23.4 Å². The van der Waals surface area contributed by atoms with Gasteiger partial charge in [0.2, 0.25) is 0 Å². The lowest BCUT2D eigenvalue weighted by Crippen LogP contribution is -2.53. The van der Waals surface area contributed by atoms with Crippen molar-refractivity contribution in [2.45, 2.75) is 44.2 Å². The van der Waals surface area contributed by atoms with E-state index in [2.05, 4.69) is 5.32 Å². The molecule has 2 atom stereocenters. The van der Waals surface area contributed by atoms with E-state index in [4.69, 9.17) is 10.5 Å². The number of methoxy groups -OCH3 is 1. The Morgan fingerprint density at radius 3 is 2.43 bits per heavy atom. The fourth-order valence-corrected chi connectivity index (χ4v) is 4.19. The highest BCUT2D eigenvalue weighted by Gasteiger charge is 2.40. The van der Waals surface area contributed by atoms with Crippen LogP contribution in [0.4, 0.5) is 8.78 Å². The Kier molecular flexibility index (Phi) is 4.53. The molecule has 0 heterocycles. The predicted molar refractivity (Wildman–Crippen MR) is 82.2 cm³/mol. The van der Waals surface area contributed by atoms with Crippen LogP contribution in [0.5, 0.6) is 5.75 Å². The van der Waals surface area contributed by atoms with Crippen molar-refractivity contribution in [1.82, 2.24) is 5.32 Å². The van der Waals surface area contributed by atoms with Crippen molar-refractivity contribution in [3.8, 4) is 5.75 Å². The Bertz CT molecular complexity index is 595. The van der Waals surface area contributed by atoms with E-state index < -0.39 is 17.5 Å². The van der Waals surface area contributed by atoms with Crippen molar-refractivity contribution in [3.05, 3.63) is 29.3 Å². The Labute approximate surface area is 134 Å². The third kappa shape index (κ3) is 3.04. The number of rotatable bonds is 3. The number of nitrogens with one attached hydrogen (secondary N) is 1. The summed E-state index contributed by atoms with van der Waals surface area (Å²) in [6.07, 6.45) is 4.89. The molecule has 1 aromatic carbocycles. The van der Waals surface area contributed by atoms with E-state index in [0.717, 1.165) is 44.2 Å². The smallest absolute Gasteiger partial charge is 0.258 e. The normalized spacial score (nSPS) is 29.9. The van der Waals surface area contributed by atoms with Gasteiger partial charge in [0.25, 0.3) is 5.91 Å². The van der Waals surface area contributed by atoms with Crippen LogP contribution in [0.15, 0.2) is 12.1 Å². The molecule has 0 saturated heterocycles. The summed E-state index contributed by atoms with van der Waals surface area (Å²) in [5, 5.41) is 2.92. The molecule has 2 aliphatic carbocycles. The first-order valence-corrected chi connectivity index (χ1v) is 8.09. The molecule has 2 saturated carbocycles. The van der Waals surface area contributed by atoms with Gasteiger partial charge in [0, 0.05) is 12.1 Å². The molecule has 0 aliphatic heterocycles. The Hall–Kier alpha value is -1.69. The summed E-state index contributed by atoms with van der Waals surface area (Å²) in [5.41, 5.74) is 5.72. The van der Waals surface area contributed by atoms with Gasteiger partial charge in [0.1, 0.15) is 11.4 Å². The van der Waals surface area contributed by atoms with Crippen LogP contribution in [-0.4, -0.2) is 25.1 Å². The second-order valence-corrected chi connectivity index (χ2v) is 6.62. The van der Waals surface area contributed by atoms with E-state index in [9.17, 15) is 13.6 Å². The van der Waals surface area contributed by atoms with Crippen LogP contribution in [0.3, 0.4) is 0 Å². The minimum atomic E-state index is -0.779. The first-order valence-electron chi connectivity index (χ1n) is 8.09. The lowest BCUT2D eigenvalue weighted by Gasteiger charge is -2.45. The lowest BCUT2D eigenvalue weighted by atomic mass is 9.67. The number of ether oxygens (including phenoxy) is 1. The average Bonchev–Trinajstić information content (AvgIpc) is 2.50. The number of hydrogen-bond donors (Lipinski definition) is 2. The largest absolute Gasteiger partial charge is 0.493 e. The second kappa shape index (κ2) is 6.43. The highest BCUT2D eigenvalue weighted by molar-refractivity contribution is 5.97. The minimum absolute atomic E-state index is 0.0246. The lowest BCUT2D eigenvalue weighted by molar-refractivity contribution is 0.0749. The van der Waals surface area contributed by atoms with Gasteiger partial charge in [0.15, 0.2) is 11.6 Å². The summed E-state index contributed by atoms with van der Waals surface area (Å²) in [6, 6.07) is 2.05. The van der Waals surface area contributed by atoms with Crippen molar-refractivity contribution in [1.29, 1.82) is 0 Å². The monoisotopic (exact) mass is 324 g/mol. The molecule has 0 aromatic heterocycles. The van der Waals surface area contributed by atoms with Crippen LogP contribution in [0, 0.1) is 23.5 Å². The Balaban J connectivity index is 1.84. The van der Waals surface area contributed by atoms with Crippen molar-refractivity contribution >= 4 is 5.91 Å². The van der Waals surface area contributed by atoms with Gasteiger partial charge in [-0.25, -0.2) is 8.78 Å². The molecule has 0 spiro atoms. The fourth-order valence-electron chi connectivity index (χ4n) is 4.19. The molecular formula is C17H22F2N2O2. The summed E-state index contributed by atoms with van der Waals surface area (Å²) in [5.74, 6) is -1.87. The van der Waals surface area contributed by atoms with Crippen molar-refractivity contribution in [2.24, 2.45) is 17.6 Å². The third-order valence-electron chi connectivity index (χ3n) is 5.16. The molecule has 6 heteroatoms. The molecule has 4 nitrogen and oxygen atoms in total. The second-order valence-electron chi connectivity index (χ2n) is 6.62. The van der Waals surface area contributed by atoms with Crippen LogP contribution < -0.4 is 15.8 Å². The Morgan fingerprint density at radius 1 is 1.22 bits per heavy atom. The summed E-state index contributed by atoms with van der Waals surface area (Å²) in [7, 11) is 1.23. The first-order chi connectivity index (χ1) is 11.0. The van der Waals surface area contributed by atoms with Gasteiger partial charge in [0.05, 0.1) is 7.11 Å². The number of nitrogens with two attached hydrogens (primary N) is 1. The number of carbonyl (C=O) groups excluding carboxylic acids is 1. The highest BCUT2D eigenvalue weighted by atomic mass is 19.1. The van der Waals surface area contributed by atoms with Crippen molar-refractivity contribution < 1.29 is 18.3 Å². The van der Waals surface area contributed by atoms with E-state index in [0.29, 0.717) is 11.8 Å². The standard InChI is InChI=1S/C17H22F2N2O2/c1-23-16-13(19)6-5-12(18)14(16)17(22)21-15-9-3-2-4-10(15)8-11(20)7-9/h5-6,9-11,15H,2-4,7-8,20H2,1H3,(H,21,22). The molecule has 1 amide bonds. The first kappa shape index (κ1) is 16.2. The van der Waals surface area contributed by atoms with Crippen LogP contribution in [0.25, 0.3) is 0 Å². The molecule has 2 fully saturated rings. The minimum Gasteiger partial charge on any atom is -0.493 e. The van der Waals surface area contributed by atoms with Gasteiger partial charge in [-0.05, 0) is 49.7 Å². The molecule has 2 unspecified atom stereocenters. The number of carbonyl (C=O) groups is 1. The van der Waals surface area contributed by atoms with Gasteiger partial charge in [-0.15, -0.1) is 0 Å². The topological polar surface area (TPSA) is 64.3 Å². The zero-order valence-corrected chi connectivity index (χ0v) is 13.1. The maximum atomic E-state index is 14.0. The highest BCUT2D eigenvalue weighted by Crippen LogP contribution is 2.40. The van der Waals surface area contributed by atoms with Crippen molar-refractivity contribution in [3.63, 3.8) is 0 Å². The van der Waals surface area contributed by atoms with Crippen LogP contribution in [0.1, 0.15) is 42.5 Å². The average molecular weight is 324 g/mol. The van der Waals surface area contributed by atoms with Gasteiger partial charge in [-0.2, -0.15) is 0 Å². The van der Waals surface area contributed by atoms with Gasteiger partial charge in [-0.1, -0.05) is 6.42 Å². The number of benzene rings is 1. The summed E-state index contributed by atoms with van der Waals surface area (Å²) < 4.78 is 32.7. The van der Waals surface area contributed by atoms with Crippen LogP contribution >= 0.6 is 0 Å². The zero-order valence-electron chi connectivity index (χ0n) is 13.1. The van der Waals surface area contributed by atoms with Crippen molar-refractivity contribution in [2.75, 3.05) is 7.11 Å². The number of hydrogen-bond acceptors (Lipinski definition) is 3. The van der Waals surface area contributed by atoms with Gasteiger partial charge in [-0.3, -0.25) is 4.79 Å². The quantitative estimate of drug-likeness (QED) is 0.898. The third-order valence-corrected chi connectivity index (χ3v) is 5.16. The summed E-state index contributed by atoms with van der Waals surface area (Å²) in [6.45, 7) is 0. The number of amides is 1. The van der Waals surface area contributed by atoms with Gasteiger partial charge < -0.3 is 15.8 Å². The maximum Gasteiger partial charge on any atom is 0.258 e. The van der Waals surface area contributed by atoms with Crippen LogP contribution in [0.2, 0.25) is 0 Å². The molecule has 3 rings (SSSR count). The SMILES string of the molecule is COc1c(F)ccc(F)c1C(=O)NC1C2CCCC1CC(N)C2. The predicted octanol–water partition coefficient (Wildman–Crippen LogP) is 2.61. The fraction of sp³-hybridized carbons (Fsp3) is 0.588. The van der Waals surface area contributed by atoms with E-state index in [1.165, 1.54) is 7.11 Å². The van der Waals surface area contributed by atoms with E-state index in [1.807, 2.05) is 0 Å². The molecule has 23 heavy (non-hydrogen) atoms. The molecule has 126 valence electrons. The van der Waals surface area contributed by atoms with E-state index >= 15 is 0 Å². The molecule has 1 aromatic rings. The summed E-state index contributed by atoms with van der Waals surface area (Å²) >= 11 is 0. The van der Waals surface area contributed by atoms with E-state index in [1.54, 1.807) is 0 Å². The summed E-state index contributed by atoms with van der Waals surface area (Å²) in [4.78, 5) is 12.5. The van der Waals surface area contributed by atoms with Gasteiger partial charge >= 0.3 is 0 Å². The molecule has 2 bridgehead atoms. The number of halogens is 2. The van der Waals surface area contributed by atoms with Crippen LogP contribution in [-0.2, 0) is 0 Å². The Morgan fingerprint density at radius 2 is 1.83 bits per heavy atom. The molecule has 2 aliphatic rings. The maximum absolute atomic E-state index is 14.0. The molecule has 0 radical (unpaired) electrons. The number of fused-ring (bicyclic) bond motifs is 2. The molecular weight excluding hydrogens is 302 g/mol. The zero-order chi connectivity index (χ0) is 16.6.